The number of nitrogens with one attached hydrogen (secondary N) is 2. The lowest BCUT2D eigenvalue weighted by Crippen LogP contribution is -2.25. The van der Waals surface area contributed by atoms with Gasteiger partial charge in [-0.15, -0.1) is 5.10 Å². The van der Waals surface area contributed by atoms with Crippen LogP contribution >= 0.6 is 0 Å². The molecule has 0 radical (unpaired) electrons. The molecular weight excluding hydrogens is 482 g/mol. The van der Waals surface area contributed by atoms with E-state index in [-0.39, 0.29) is 11.7 Å². The number of anilines is 3. The summed E-state index contributed by atoms with van der Waals surface area (Å²) in [6.07, 6.45) is 4.00. The molecule has 5 aromatic rings. The van der Waals surface area contributed by atoms with Crippen molar-refractivity contribution in [2.45, 2.75) is 12.8 Å². The Hall–Kier alpha value is -4.70. The first-order chi connectivity index (χ1) is 18.7. The molecule has 0 spiro atoms. The molecule has 38 heavy (non-hydrogen) atoms. The van der Waals surface area contributed by atoms with Gasteiger partial charge in [0, 0.05) is 29.5 Å². The molecule has 0 saturated carbocycles. The van der Waals surface area contributed by atoms with Gasteiger partial charge in [0.25, 0.3) is 5.91 Å². The zero-order chi connectivity index (χ0) is 25.7. The van der Waals surface area contributed by atoms with Gasteiger partial charge in [0.2, 0.25) is 11.7 Å². The van der Waals surface area contributed by atoms with Crippen LogP contribution in [0.2, 0.25) is 0 Å². The first kappa shape index (κ1) is 23.7. The fraction of sp³-hybridized carbons (Fsp3) is 0.214. The summed E-state index contributed by atoms with van der Waals surface area (Å²) in [4.78, 5) is 19.4. The molecule has 1 aliphatic heterocycles. The van der Waals surface area contributed by atoms with Crippen LogP contribution in [0.15, 0.2) is 83.5 Å². The molecule has 0 bridgehead atoms. The molecule has 2 N–H and O–H groups in total. The van der Waals surface area contributed by atoms with Crippen molar-refractivity contribution in [2.75, 3.05) is 36.9 Å². The molecule has 2 aromatic carbocycles. The number of carbonyl (C=O) groups is 1. The number of hydrogen-bond donors (Lipinski definition) is 2. The maximum atomic E-state index is 12.3. The van der Waals surface area contributed by atoms with Crippen LogP contribution in [-0.2, 0) is 0 Å². The van der Waals surface area contributed by atoms with Crippen molar-refractivity contribution in [3.63, 3.8) is 0 Å². The Morgan fingerprint density at radius 3 is 2.63 bits per heavy atom. The van der Waals surface area contributed by atoms with Gasteiger partial charge in [0.1, 0.15) is 12.4 Å². The predicted octanol–water partition coefficient (Wildman–Crippen LogP) is 4.85. The quantitative estimate of drug-likeness (QED) is 0.290. The van der Waals surface area contributed by atoms with Gasteiger partial charge in [-0.2, -0.15) is 4.98 Å². The third-order valence-corrected chi connectivity index (χ3v) is 6.42. The highest BCUT2D eigenvalue weighted by molar-refractivity contribution is 6.02. The lowest BCUT2D eigenvalue weighted by Gasteiger charge is -2.15. The van der Waals surface area contributed by atoms with Crippen molar-refractivity contribution in [1.82, 2.24) is 24.7 Å². The molecule has 6 rings (SSSR count). The Bertz CT molecular complexity index is 1520. The standard InChI is InChI=1S/C28H27N7O3/c36-27(25-13-14-29-38-25)30-22-6-3-5-20(19-22)24-7-4-8-26-32-28(33-35(24)26)31-21-9-11-23(12-10-21)37-18-17-34-15-1-2-16-34/h3-14,19H,1-2,15-18H2,(H,30,36)(H,31,33). The minimum Gasteiger partial charge on any atom is -0.492 e. The van der Waals surface area contributed by atoms with Crippen LogP contribution in [-0.4, -0.2) is 56.8 Å². The van der Waals surface area contributed by atoms with E-state index in [1.54, 1.807) is 4.52 Å². The minimum atomic E-state index is -0.367. The zero-order valence-electron chi connectivity index (χ0n) is 20.7. The summed E-state index contributed by atoms with van der Waals surface area (Å²) in [5, 5.41) is 14.4. The Kier molecular flexibility index (Phi) is 6.69. The number of likely N-dealkylation sites (tertiary alicyclic amines) is 1. The average Bonchev–Trinajstić information content (AvgIpc) is 3.72. The third kappa shape index (κ3) is 5.35. The van der Waals surface area contributed by atoms with Gasteiger partial charge >= 0.3 is 0 Å². The summed E-state index contributed by atoms with van der Waals surface area (Å²) < 4.78 is 12.6. The summed E-state index contributed by atoms with van der Waals surface area (Å²) in [6, 6.07) is 22.6. The second kappa shape index (κ2) is 10.7. The van der Waals surface area contributed by atoms with Gasteiger partial charge in [-0.05, 0) is 74.5 Å². The zero-order valence-corrected chi connectivity index (χ0v) is 20.7. The molecule has 1 amide bonds. The molecule has 10 nitrogen and oxygen atoms in total. The molecule has 0 atom stereocenters. The van der Waals surface area contributed by atoms with Crippen molar-refractivity contribution in [3.8, 4) is 17.0 Å². The number of aromatic nitrogens is 4. The molecule has 1 saturated heterocycles. The Labute approximate surface area is 219 Å². The number of benzene rings is 2. The second-order valence-corrected chi connectivity index (χ2v) is 9.07. The van der Waals surface area contributed by atoms with Crippen molar-refractivity contribution < 1.29 is 14.1 Å². The molecule has 1 aliphatic rings. The Morgan fingerprint density at radius 1 is 0.974 bits per heavy atom. The molecule has 10 heteroatoms. The van der Waals surface area contributed by atoms with Crippen LogP contribution in [0.1, 0.15) is 23.4 Å². The van der Waals surface area contributed by atoms with Crippen LogP contribution < -0.4 is 15.4 Å². The van der Waals surface area contributed by atoms with Crippen LogP contribution in [0.5, 0.6) is 5.75 Å². The Balaban J connectivity index is 1.14. The van der Waals surface area contributed by atoms with Gasteiger partial charge in [-0.1, -0.05) is 23.4 Å². The average molecular weight is 510 g/mol. The highest BCUT2D eigenvalue weighted by atomic mass is 16.5. The van der Waals surface area contributed by atoms with Gasteiger partial charge in [-0.25, -0.2) is 4.52 Å². The third-order valence-electron chi connectivity index (χ3n) is 6.42. The number of carbonyl (C=O) groups excluding carboxylic acids is 1. The van der Waals surface area contributed by atoms with Gasteiger partial charge in [-0.3, -0.25) is 9.69 Å². The maximum Gasteiger partial charge on any atom is 0.294 e. The molecule has 192 valence electrons. The van der Waals surface area contributed by atoms with Gasteiger partial charge < -0.3 is 19.9 Å². The van der Waals surface area contributed by atoms with E-state index in [9.17, 15) is 4.79 Å². The number of ether oxygens (including phenoxy) is 1. The SMILES string of the molecule is O=C(Nc1cccc(-c2cccc3nc(Nc4ccc(OCCN5CCCC5)cc4)nn23)c1)c1ccno1. The first-order valence-corrected chi connectivity index (χ1v) is 12.6. The van der Waals surface area contributed by atoms with E-state index >= 15 is 0 Å². The van der Waals surface area contributed by atoms with Crippen LogP contribution in [0.25, 0.3) is 16.9 Å². The topological polar surface area (TPSA) is 110 Å². The van der Waals surface area contributed by atoms with Crippen LogP contribution in [0.3, 0.4) is 0 Å². The molecule has 3 aromatic heterocycles. The number of amides is 1. The molecule has 0 aliphatic carbocycles. The van der Waals surface area contributed by atoms with E-state index in [1.807, 2.05) is 66.7 Å². The van der Waals surface area contributed by atoms with Gasteiger partial charge in [0.15, 0.2) is 5.65 Å². The van der Waals surface area contributed by atoms with Gasteiger partial charge in [0.05, 0.1) is 11.9 Å². The fourth-order valence-electron chi connectivity index (χ4n) is 4.52. The number of nitrogens with zero attached hydrogens (tertiary/aromatic N) is 5. The van der Waals surface area contributed by atoms with Crippen molar-refractivity contribution >= 4 is 28.9 Å². The summed E-state index contributed by atoms with van der Waals surface area (Å²) >= 11 is 0. The number of hydrogen-bond acceptors (Lipinski definition) is 8. The van der Waals surface area contributed by atoms with Crippen molar-refractivity contribution in [3.05, 3.63) is 84.8 Å². The lowest BCUT2D eigenvalue weighted by atomic mass is 10.1. The minimum absolute atomic E-state index is 0.145. The van der Waals surface area contributed by atoms with E-state index in [0.29, 0.717) is 23.9 Å². The van der Waals surface area contributed by atoms with E-state index < -0.39 is 0 Å². The first-order valence-electron chi connectivity index (χ1n) is 12.6. The highest BCUT2D eigenvalue weighted by Crippen LogP contribution is 2.25. The Morgan fingerprint density at radius 2 is 1.82 bits per heavy atom. The van der Waals surface area contributed by atoms with Crippen LogP contribution in [0, 0.1) is 0 Å². The second-order valence-electron chi connectivity index (χ2n) is 9.07. The maximum absolute atomic E-state index is 12.3. The number of rotatable bonds is 9. The highest BCUT2D eigenvalue weighted by Gasteiger charge is 2.13. The molecule has 0 unspecified atom stereocenters. The predicted molar refractivity (Wildman–Crippen MR) is 144 cm³/mol. The monoisotopic (exact) mass is 509 g/mol. The van der Waals surface area contributed by atoms with E-state index in [2.05, 4.69) is 30.8 Å². The summed E-state index contributed by atoms with van der Waals surface area (Å²) in [5.74, 6) is 1.10. The van der Waals surface area contributed by atoms with Crippen molar-refractivity contribution in [1.29, 1.82) is 0 Å². The summed E-state index contributed by atoms with van der Waals surface area (Å²) in [7, 11) is 0. The van der Waals surface area contributed by atoms with E-state index in [4.69, 9.17) is 9.26 Å². The number of pyridine rings is 1. The fourth-order valence-corrected chi connectivity index (χ4v) is 4.52. The van der Waals surface area contributed by atoms with Crippen molar-refractivity contribution in [2.24, 2.45) is 0 Å². The summed E-state index contributed by atoms with van der Waals surface area (Å²) in [5.41, 5.74) is 3.90. The molecular formula is C28H27N7O3. The van der Waals surface area contributed by atoms with E-state index in [0.717, 1.165) is 29.2 Å². The number of fused-ring (bicyclic) bond motifs is 1. The molecule has 4 heterocycles. The van der Waals surface area contributed by atoms with E-state index in [1.165, 1.54) is 38.2 Å². The smallest absolute Gasteiger partial charge is 0.294 e. The summed E-state index contributed by atoms with van der Waals surface area (Å²) in [6.45, 7) is 4.00. The lowest BCUT2D eigenvalue weighted by molar-refractivity contribution is 0.0988. The largest absolute Gasteiger partial charge is 0.492 e. The molecule has 1 fully saturated rings. The van der Waals surface area contributed by atoms with Crippen LogP contribution in [0.4, 0.5) is 17.3 Å². The normalized spacial score (nSPS) is 13.6.